The minimum Gasteiger partial charge on any atom is -0.492 e. The molecule has 0 amide bonds. The van der Waals surface area contributed by atoms with Crippen LogP contribution in [0.2, 0.25) is 0 Å². The van der Waals surface area contributed by atoms with Crippen LogP contribution in [-0.2, 0) is 0 Å². The van der Waals surface area contributed by atoms with Crippen molar-refractivity contribution in [2.75, 3.05) is 32.8 Å². The zero-order valence-electron chi connectivity index (χ0n) is 13.6. The molecule has 0 aromatic heterocycles. The van der Waals surface area contributed by atoms with Gasteiger partial charge in [-0.3, -0.25) is 4.90 Å². The molecule has 0 spiro atoms. The van der Waals surface area contributed by atoms with Gasteiger partial charge < -0.3 is 10.1 Å². The van der Waals surface area contributed by atoms with Crippen LogP contribution in [0.15, 0.2) is 24.3 Å². The third-order valence-electron chi connectivity index (χ3n) is 4.18. The lowest BCUT2D eigenvalue weighted by atomic mass is 10.0. The molecule has 1 heterocycles. The van der Waals surface area contributed by atoms with E-state index in [0.717, 1.165) is 31.9 Å². The molecule has 0 aliphatic carbocycles. The summed E-state index contributed by atoms with van der Waals surface area (Å²) in [5.74, 6) is 1.00. The van der Waals surface area contributed by atoms with Crippen LogP contribution in [-0.4, -0.2) is 37.7 Å². The van der Waals surface area contributed by atoms with Crippen molar-refractivity contribution in [1.29, 1.82) is 0 Å². The van der Waals surface area contributed by atoms with Gasteiger partial charge in [0.05, 0.1) is 0 Å². The van der Waals surface area contributed by atoms with Gasteiger partial charge in [0.15, 0.2) is 0 Å². The van der Waals surface area contributed by atoms with E-state index in [4.69, 9.17) is 4.74 Å². The van der Waals surface area contributed by atoms with E-state index in [1.165, 1.54) is 37.9 Å². The van der Waals surface area contributed by atoms with Crippen molar-refractivity contribution in [1.82, 2.24) is 10.2 Å². The lowest BCUT2D eigenvalue weighted by Gasteiger charge is -2.19. The fourth-order valence-electron chi connectivity index (χ4n) is 2.94. The maximum absolute atomic E-state index is 5.94. The highest BCUT2D eigenvalue weighted by Gasteiger charge is 2.11. The molecule has 2 rings (SSSR count). The van der Waals surface area contributed by atoms with Gasteiger partial charge >= 0.3 is 0 Å². The maximum atomic E-state index is 5.94. The van der Waals surface area contributed by atoms with Crippen molar-refractivity contribution < 1.29 is 4.74 Å². The van der Waals surface area contributed by atoms with Crippen LogP contribution in [0.3, 0.4) is 0 Å². The summed E-state index contributed by atoms with van der Waals surface area (Å²) in [5, 5.41) is 3.60. The van der Waals surface area contributed by atoms with E-state index in [0.29, 0.717) is 6.04 Å². The third kappa shape index (κ3) is 5.33. The summed E-state index contributed by atoms with van der Waals surface area (Å²) in [6, 6.07) is 9.01. The number of benzene rings is 1. The number of rotatable bonds is 9. The summed E-state index contributed by atoms with van der Waals surface area (Å²) in [4.78, 5) is 2.49. The van der Waals surface area contributed by atoms with Crippen LogP contribution in [0.1, 0.15) is 51.1 Å². The van der Waals surface area contributed by atoms with Crippen LogP contribution in [0.5, 0.6) is 5.75 Å². The summed E-state index contributed by atoms with van der Waals surface area (Å²) < 4.78 is 5.94. The standard InChI is InChI=1S/C18H30N2O/c1-3-10-19-18(4-2)16-8-7-9-17(15-16)21-14-13-20-11-5-6-12-20/h7-9,15,18-19H,3-6,10-14H2,1-2H3. The van der Waals surface area contributed by atoms with Gasteiger partial charge in [-0.2, -0.15) is 0 Å². The van der Waals surface area contributed by atoms with E-state index >= 15 is 0 Å². The van der Waals surface area contributed by atoms with Crippen LogP contribution in [0.4, 0.5) is 0 Å². The van der Waals surface area contributed by atoms with Gasteiger partial charge in [0, 0.05) is 12.6 Å². The van der Waals surface area contributed by atoms with E-state index in [1.807, 2.05) is 0 Å². The van der Waals surface area contributed by atoms with Crippen LogP contribution in [0, 0.1) is 0 Å². The minimum absolute atomic E-state index is 0.437. The van der Waals surface area contributed by atoms with Crippen LogP contribution >= 0.6 is 0 Å². The van der Waals surface area contributed by atoms with Crippen molar-refractivity contribution in [2.45, 2.75) is 45.6 Å². The molecule has 118 valence electrons. The Bertz CT molecular complexity index is 402. The Morgan fingerprint density at radius 1 is 1.24 bits per heavy atom. The van der Waals surface area contributed by atoms with Gasteiger partial charge in [-0.1, -0.05) is 26.0 Å². The first kappa shape index (κ1) is 16.3. The normalized spacial score (nSPS) is 17.0. The first-order valence-electron chi connectivity index (χ1n) is 8.52. The van der Waals surface area contributed by atoms with Crippen LogP contribution in [0.25, 0.3) is 0 Å². The Morgan fingerprint density at radius 2 is 2.05 bits per heavy atom. The lowest BCUT2D eigenvalue weighted by Crippen LogP contribution is -2.25. The van der Waals surface area contributed by atoms with Crippen molar-refractivity contribution in [3.63, 3.8) is 0 Å². The highest BCUT2D eigenvalue weighted by Crippen LogP contribution is 2.21. The average Bonchev–Trinajstić information content (AvgIpc) is 3.02. The Kier molecular flexibility index (Phi) is 7.04. The molecule has 0 radical (unpaired) electrons. The summed E-state index contributed by atoms with van der Waals surface area (Å²) in [7, 11) is 0. The lowest BCUT2D eigenvalue weighted by molar-refractivity contribution is 0.237. The summed E-state index contributed by atoms with van der Waals surface area (Å²) >= 11 is 0. The minimum atomic E-state index is 0.437. The zero-order valence-corrected chi connectivity index (χ0v) is 13.6. The number of nitrogens with one attached hydrogen (secondary N) is 1. The topological polar surface area (TPSA) is 24.5 Å². The van der Waals surface area contributed by atoms with Crippen molar-refractivity contribution in [3.8, 4) is 5.75 Å². The largest absolute Gasteiger partial charge is 0.492 e. The molecule has 3 nitrogen and oxygen atoms in total. The van der Waals surface area contributed by atoms with E-state index < -0.39 is 0 Å². The number of ether oxygens (including phenoxy) is 1. The Balaban J connectivity index is 1.83. The molecule has 0 bridgehead atoms. The highest BCUT2D eigenvalue weighted by molar-refractivity contribution is 5.30. The number of likely N-dealkylation sites (tertiary alicyclic amines) is 1. The van der Waals surface area contributed by atoms with E-state index in [1.54, 1.807) is 0 Å². The molecular formula is C18H30N2O. The number of hydrogen-bond donors (Lipinski definition) is 1. The second kappa shape index (κ2) is 9.06. The second-order valence-electron chi connectivity index (χ2n) is 5.88. The Morgan fingerprint density at radius 3 is 2.76 bits per heavy atom. The fraction of sp³-hybridized carbons (Fsp3) is 0.667. The summed E-state index contributed by atoms with van der Waals surface area (Å²) in [6.07, 6.45) is 4.97. The predicted molar refractivity (Wildman–Crippen MR) is 88.9 cm³/mol. The van der Waals surface area contributed by atoms with Gasteiger partial charge in [-0.05, 0) is 63.0 Å². The fourth-order valence-corrected chi connectivity index (χ4v) is 2.94. The molecule has 1 atom stereocenters. The number of hydrogen-bond acceptors (Lipinski definition) is 3. The van der Waals surface area contributed by atoms with Crippen molar-refractivity contribution >= 4 is 0 Å². The monoisotopic (exact) mass is 290 g/mol. The Hall–Kier alpha value is -1.06. The number of nitrogens with zero attached hydrogens (tertiary/aromatic N) is 1. The van der Waals surface area contributed by atoms with Gasteiger partial charge in [0.1, 0.15) is 12.4 Å². The molecule has 1 N–H and O–H groups in total. The molecule has 21 heavy (non-hydrogen) atoms. The van der Waals surface area contributed by atoms with E-state index in [9.17, 15) is 0 Å². The molecule has 1 fully saturated rings. The first-order chi connectivity index (χ1) is 10.3. The molecule has 1 aliphatic rings. The van der Waals surface area contributed by atoms with E-state index in [2.05, 4.69) is 48.3 Å². The molecule has 0 saturated carbocycles. The molecule has 1 saturated heterocycles. The zero-order chi connectivity index (χ0) is 14.9. The van der Waals surface area contributed by atoms with Crippen molar-refractivity contribution in [3.05, 3.63) is 29.8 Å². The molecule has 1 aliphatic heterocycles. The van der Waals surface area contributed by atoms with Crippen molar-refractivity contribution in [2.24, 2.45) is 0 Å². The van der Waals surface area contributed by atoms with Crippen LogP contribution < -0.4 is 10.1 Å². The van der Waals surface area contributed by atoms with E-state index in [-0.39, 0.29) is 0 Å². The summed E-state index contributed by atoms with van der Waals surface area (Å²) in [5.41, 5.74) is 1.34. The second-order valence-corrected chi connectivity index (χ2v) is 5.88. The molecule has 3 heteroatoms. The smallest absolute Gasteiger partial charge is 0.119 e. The molecule has 1 aromatic carbocycles. The van der Waals surface area contributed by atoms with Gasteiger partial charge in [0.25, 0.3) is 0 Å². The molecular weight excluding hydrogens is 260 g/mol. The van der Waals surface area contributed by atoms with Gasteiger partial charge in [-0.15, -0.1) is 0 Å². The third-order valence-corrected chi connectivity index (χ3v) is 4.18. The maximum Gasteiger partial charge on any atom is 0.119 e. The SMILES string of the molecule is CCCNC(CC)c1cccc(OCCN2CCCC2)c1. The highest BCUT2D eigenvalue weighted by atomic mass is 16.5. The van der Waals surface area contributed by atoms with Gasteiger partial charge in [-0.25, -0.2) is 0 Å². The molecule has 1 aromatic rings. The average molecular weight is 290 g/mol. The predicted octanol–water partition coefficient (Wildman–Crippen LogP) is 3.61. The molecule has 1 unspecified atom stereocenters. The first-order valence-corrected chi connectivity index (χ1v) is 8.52. The summed E-state index contributed by atoms with van der Waals surface area (Å²) in [6.45, 7) is 9.83. The van der Waals surface area contributed by atoms with Gasteiger partial charge in [0.2, 0.25) is 0 Å². The Labute approximate surface area is 129 Å². The quantitative estimate of drug-likeness (QED) is 0.752.